The van der Waals surface area contributed by atoms with Gasteiger partial charge in [-0.05, 0) is 32.0 Å². The molecule has 2 rings (SSSR count). The van der Waals surface area contributed by atoms with Crippen molar-refractivity contribution in [2.75, 3.05) is 0 Å². The molecule has 0 aliphatic carbocycles. The zero-order valence-corrected chi connectivity index (χ0v) is 11.0. The standard InChI is InChI=1S/C13H11Cl2NO/c1-8-6-10(7-17)9(2)16(8)12-5-3-4-11(14)13(12)15/h3-7H,1-2H3. The molecule has 17 heavy (non-hydrogen) atoms. The maximum absolute atomic E-state index is 10.9. The van der Waals surface area contributed by atoms with Crippen molar-refractivity contribution in [3.63, 3.8) is 0 Å². The van der Waals surface area contributed by atoms with E-state index in [2.05, 4.69) is 0 Å². The molecule has 2 aromatic rings. The minimum Gasteiger partial charge on any atom is -0.316 e. The number of halogens is 2. The Kier molecular flexibility index (Phi) is 3.27. The molecule has 1 aromatic heterocycles. The van der Waals surface area contributed by atoms with Gasteiger partial charge in [0.15, 0.2) is 6.29 Å². The SMILES string of the molecule is Cc1cc(C=O)c(C)n1-c1cccc(Cl)c1Cl. The summed E-state index contributed by atoms with van der Waals surface area (Å²) in [5, 5.41) is 0.998. The van der Waals surface area contributed by atoms with Crippen molar-refractivity contribution in [2.45, 2.75) is 13.8 Å². The topological polar surface area (TPSA) is 22.0 Å². The van der Waals surface area contributed by atoms with E-state index in [0.717, 1.165) is 23.4 Å². The van der Waals surface area contributed by atoms with Crippen LogP contribution in [0.15, 0.2) is 24.3 Å². The second kappa shape index (κ2) is 4.55. The summed E-state index contributed by atoms with van der Waals surface area (Å²) in [6.45, 7) is 3.81. The molecule has 0 fully saturated rings. The second-order valence-corrected chi connectivity index (χ2v) is 4.64. The highest BCUT2D eigenvalue weighted by atomic mass is 35.5. The molecule has 0 saturated carbocycles. The molecule has 0 unspecified atom stereocenters. The van der Waals surface area contributed by atoms with Crippen LogP contribution in [0.3, 0.4) is 0 Å². The van der Waals surface area contributed by atoms with Gasteiger partial charge in [-0.1, -0.05) is 29.3 Å². The molecule has 1 aromatic carbocycles. The fourth-order valence-electron chi connectivity index (χ4n) is 1.94. The van der Waals surface area contributed by atoms with Gasteiger partial charge in [-0.15, -0.1) is 0 Å². The van der Waals surface area contributed by atoms with Crippen LogP contribution in [0.2, 0.25) is 10.0 Å². The third-order valence-corrected chi connectivity index (χ3v) is 3.58. The van der Waals surface area contributed by atoms with Crippen molar-refractivity contribution in [2.24, 2.45) is 0 Å². The van der Waals surface area contributed by atoms with E-state index in [-0.39, 0.29) is 0 Å². The van der Waals surface area contributed by atoms with Gasteiger partial charge < -0.3 is 4.57 Å². The molecule has 0 spiro atoms. The smallest absolute Gasteiger partial charge is 0.151 e. The van der Waals surface area contributed by atoms with Gasteiger partial charge >= 0.3 is 0 Å². The van der Waals surface area contributed by atoms with E-state index in [1.165, 1.54) is 0 Å². The van der Waals surface area contributed by atoms with Gasteiger partial charge in [-0.3, -0.25) is 4.79 Å². The number of benzene rings is 1. The molecule has 88 valence electrons. The van der Waals surface area contributed by atoms with E-state index in [1.807, 2.05) is 36.6 Å². The maximum Gasteiger partial charge on any atom is 0.151 e. The van der Waals surface area contributed by atoms with Crippen molar-refractivity contribution in [3.8, 4) is 5.69 Å². The van der Waals surface area contributed by atoms with Gasteiger partial charge in [0.05, 0.1) is 15.7 Å². The summed E-state index contributed by atoms with van der Waals surface area (Å²) in [5.74, 6) is 0. The summed E-state index contributed by atoms with van der Waals surface area (Å²) in [5.41, 5.74) is 3.27. The van der Waals surface area contributed by atoms with Crippen molar-refractivity contribution in [1.29, 1.82) is 0 Å². The Balaban J connectivity index is 2.72. The lowest BCUT2D eigenvalue weighted by Gasteiger charge is -2.12. The van der Waals surface area contributed by atoms with Crippen LogP contribution in [0, 0.1) is 13.8 Å². The molecule has 0 aliphatic heterocycles. The molecule has 4 heteroatoms. The molecular weight excluding hydrogens is 257 g/mol. The predicted molar refractivity (Wildman–Crippen MR) is 70.7 cm³/mol. The first-order valence-corrected chi connectivity index (χ1v) is 5.90. The first kappa shape index (κ1) is 12.2. The third-order valence-electron chi connectivity index (χ3n) is 2.77. The average Bonchev–Trinajstić information content (AvgIpc) is 2.58. The van der Waals surface area contributed by atoms with Gasteiger partial charge in [0.1, 0.15) is 0 Å². The number of hydrogen-bond donors (Lipinski definition) is 0. The fourth-order valence-corrected chi connectivity index (χ4v) is 2.32. The summed E-state index contributed by atoms with van der Waals surface area (Å²) in [6.07, 6.45) is 0.845. The number of aldehydes is 1. The Bertz CT molecular complexity index is 587. The monoisotopic (exact) mass is 267 g/mol. The Hall–Kier alpha value is -1.25. The van der Waals surface area contributed by atoms with E-state index in [9.17, 15) is 4.79 Å². The second-order valence-electron chi connectivity index (χ2n) is 3.85. The van der Waals surface area contributed by atoms with Crippen LogP contribution in [0.5, 0.6) is 0 Å². The molecule has 0 bridgehead atoms. The summed E-state index contributed by atoms with van der Waals surface area (Å²) in [7, 11) is 0. The molecule has 0 aliphatic rings. The van der Waals surface area contributed by atoms with Gasteiger partial charge in [-0.25, -0.2) is 0 Å². The zero-order valence-electron chi connectivity index (χ0n) is 9.50. The fraction of sp³-hybridized carbons (Fsp3) is 0.154. The Morgan fingerprint density at radius 2 is 1.94 bits per heavy atom. The number of aromatic nitrogens is 1. The van der Waals surface area contributed by atoms with E-state index in [4.69, 9.17) is 23.2 Å². The summed E-state index contributed by atoms with van der Waals surface area (Å²) in [4.78, 5) is 10.9. The van der Waals surface area contributed by atoms with E-state index >= 15 is 0 Å². The Morgan fingerprint density at radius 1 is 1.24 bits per heavy atom. The number of hydrogen-bond acceptors (Lipinski definition) is 1. The van der Waals surface area contributed by atoms with Gasteiger partial charge in [-0.2, -0.15) is 0 Å². The van der Waals surface area contributed by atoms with Crippen LogP contribution in [-0.2, 0) is 0 Å². The third kappa shape index (κ3) is 1.99. The van der Waals surface area contributed by atoms with Gasteiger partial charge in [0.2, 0.25) is 0 Å². The molecule has 1 heterocycles. The number of carbonyl (C=O) groups is 1. The van der Waals surface area contributed by atoms with Crippen LogP contribution in [0.1, 0.15) is 21.7 Å². The van der Waals surface area contributed by atoms with Crippen LogP contribution in [0.4, 0.5) is 0 Å². The predicted octanol–water partition coefficient (Wildman–Crippen LogP) is 4.21. The zero-order chi connectivity index (χ0) is 12.6. The quantitative estimate of drug-likeness (QED) is 0.747. The van der Waals surface area contributed by atoms with E-state index in [0.29, 0.717) is 15.6 Å². The number of carbonyl (C=O) groups excluding carboxylic acids is 1. The van der Waals surface area contributed by atoms with Crippen LogP contribution < -0.4 is 0 Å². The van der Waals surface area contributed by atoms with Crippen LogP contribution in [-0.4, -0.2) is 10.9 Å². The van der Waals surface area contributed by atoms with E-state index < -0.39 is 0 Å². The molecule has 0 radical (unpaired) electrons. The first-order chi connectivity index (χ1) is 8.06. The summed E-state index contributed by atoms with van der Waals surface area (Å²) >= 11 is 12.2. The molecule has 0 saturated heterocycles. The largest absolute Gasteiger partial charge is 0.316 e. The molecule has 2 nitrogen and oxygen atoms in total. The lowest BCUT2D eigenvalue weighted by atomic mass is 10.2. The molecule has 0 N–H and O–H groups in total. The van der Waals surface area contributed by atoms with Crippen molar-refractivity contribution >= 4 is 29.5 Å². The van der Waals surface area contributed by atoms with Crippen molar-refractivity contribution in [1.82, 2.24) is 4.57 Å². The van der Waals surface area contributed by atoms with Crippen molar-refractivity contribution < 1.29 is 4.79 Å². The molecule has 0 atom stereocenters. The lowest BCUT2D eigenvalue weighted by molar-refractivity contribution is 0.112. The number of nitrogens with zero attached hydrogens (tertiary/aromatic N) is 1. The van der Waals surface area contributed by atoms with Gasteiger partial charge in [0, 0.05) is 17.0 Å². The highest BCUT2D eigenvalue weighted by Gasteiger charge is 2.13. The highest BCUT2D eigenvalue weighted by Crippen LogP contribution is 2.31. The van der Waals surface area contributed by atoms with E-state index in [1.54, 1.807) is 6.07 Å². The Morgan fingerprint density at radius 3 is 2.53 bits per heavy atom. The maximum atomic E-state index is 10.9. The minimum atomic E-state index is 0.494. The number of rotatable bonds is 2. The summed E-state index contributed by atoms with van der Waals surface area (Å²) in [6, 6.07) is 7.29. The van der Waals surface area contributed by atoms with Gasteiger partial charge in [0.25, 0.3) is 0 Å². The molecular formula is C13H11Cl2NO. The normalized spacial score (nSPS) is 10.6. The lowest BCUT2D eigenvalue weighted by Crippen LogP contribution is -2.00. The van der Waals surface area contributed by atoms with Crippen molar-refractivity contribution in [3.05, 3.63) is 51.3 Å². The molecule has 0 amide bonds. The van der Waals surface area contributed by atoms with Crippen LogP contribution >= 0.6 is 23.2 Å². The number of aryl methyl sites for hydroxylation is 1. The average molecular weight is 268 g/mol. The first-order valence-electron chi connectivity index (χ1n) is 5.14. The highest BCUT2D eigenvalue weighted by molar-refractivity contribution is 6.43. The minimum absolute atomic E-state index is 0.494. The summed E-state index contributed by atoms with van der Waals surface area (Å²) < 4.78 is 1.93. The Labute approximate surface area is 110 Å². The van der Waals surface area contributed by atoms with Crippen LogP contribution in [0.25, 0.3) is 5.69 Å².